The van der Waals surface area contributed by atoms with Crippen LogP contribution in [-0.4, -0.2) is 24.3 Å². The molecule has 2 aromatic rings. The zero-order valence-electron chi connectivity index (χ0n) is 13.1. The van der Waals surface area contributed by atoms with Crippen LogP contribution in [0.3, 0.4) is 0 Å². The Morgan fingerprint density at radius 2 is 2.00 bits per heavy atom. The van der Waals surface area contributed by atoms with Gasteiger partial charge in [-0.05, 0) is 38.5 Å². The van der Waals surface area contributed by atoms with E-state index in [0.717, 1.165) is 11.3 Å². The second-order valence-corrected chi connectivity index (χ2v) is 7.15. The molecular weight excluding hydrogens is 302 g/mol. The largest absolute Gasteiger partial charge is 0.491 e. The Morgan fingerprint density at radius 1 is 1.27 bits per heavy atom. The minimum atomic E-state index is -3.60. The summed E-state index contributed by atoms with van der Waals surface area (Å²) in [5, 5.41) is 3.89. The minimum Gasteiger partial charge on any atom is -0.491 e. The van der Waals surface area contributed by atoms with E-state index in [9.17, 15) is 8.42 Å². The Labute approximate surface area is 131 Å². The van der Waals surface area contributed by atoms with Crippen LogP contribution in [0.25, 0.3) is 0 Å². The Balaban J connectivity index is 2.16. The maximum absolute atomic E-state index is 12.3. The number of hydrogen-bond donors (Lipinski definition) is 1. The predicted molar refractivity (Wildman–Crippen MR) is 84.2 cm³/mol. The van der Waals surface area contributed by atoms with Crippen molar-refractivity contribution in [2.24, 2.45) is 7.05 Å². The van der Waals surface area contributed by atoms with E-state index in [-0.39, 0.29) is 17.0 Å². The molecule has 1 atom stereocenters. The summed E-state index contributed by atoms with van der Waals surface area (Å²) in [6.45, 7) is 5.69. The third-order valence-electron chi connectivity index (χ3n) is 3.05. The number of nitrogens with one attached hydrogen (secondary N) is 1. The highest BCUT2D eigenvalue weighted by atomic mass is 32.2. The van der Waals surface area contributed by atoms with Gasteiger partial charge in [-0.2, -0.15) is 5.10 Å². The number of benzene rings is 1. The third kappa shape index (κ3) is 4.08. The van der Waals surface area contributed by atoms with Gasteiger partial charge in [0, 0.05) is 19.3 Å². The van der Waals surface area contributed by atoms with Crippen LogP contribution in [0.1, 0.15) is 32.4 Å². The first-order valence-corrected chi connectivity index (χ1v) is 8.54. The van der Waals surface area contributed by atoms with Crippen LogP contribution < -0.4 is 9.46 Å². The zero-order valence-corrected chi connectivity index (χ0v) is 14.0. The van der Waals surface area contributed by atoms with Crippen LogP contribution in [-0.2, 0) is 17.1 Å². The summed E-state index contributed by atoms with van der Waals surface area (Å²) < 4.78 is 34.3. The molecule has 2 rings (SSSR count). The molecule has 0 radical (unpaired) electrons. The van der Waals surface area contributed by atoms with Crippen molar-refractivity contribution >= 4 is 10.0 Å². The lowest BCUT2D eigenvalue weighted by molar-refractivity contribution is 0.242. The second-order valence-electron chi connectivity index (χ2n) is 5.43. The molecule has 7 heteroatoms. The number of hydrogen-bond acceptors (Lipinski definition) is 4. The van der Waals surface area contributed by atoms with Crippen molar-refractivity contribution in [2.75, 3.05) is 0 Å². The molecule has 120 valence electrons. The van der Waals surface area contributed by atoms with Gasteiger partial charge in [0.25, 0.3) is 0 Å². The normalized spacial score (nSPS) is 13.3. The molecule has 0 fully saturated rings. The van der Waals surface area contributed by atoms with E-state index < -0.39 is 10.0 Å². The molecule has 0 saturated carbocycles. The minimum absolute atomic E-state index is 0.0673. The summed E-state index contributed by atoms with van der Waals surface area (Å²) in [5.74, 6) is 0.722. The molecule has 0 spiro atoms. The van der Waals surface area contributed by atoms with Gasteiger partial charge in [-0.1, -0.05) is 12.1 Å². The molecule has 0 aliphatic rings. The maximum Gasteiger partial charge on any atom is 0.244 e. The fourth-order valence-electron chi connectivity index (χ4n) is 2.04. The first-order chi connectivity index (χ1) is 10.3. The molecule has 0 aliphatic heterocycles. The Hall–Kier alpha value is -1.86. The fraction of sp³-hybridized carbons (Fsp3) is 0.400. The molecule has 6 nitrogen and oxygen atoms in total. The van der Waals surface area contributed by atoms with Crippen LogP contribution in [0.15, 0.2) is 41.6 Å². The van der Waals surface area contributed by atoms with Gasteiger partial charge < -0.3 is 4.74 Å². The molecule has 1 N–H and O–H groups in total. The van der Waals surface area contributed by atoms with E-state index in [1.54, 1.807) is 14.0 Å². The molecule has 0 saturated heterocycles. The van der Waals surface area contributed by atoms with Gasteiger partial charge in [-0.25, -0.2) is 13.1 Å². The van der Waals surface area contributed by atoms with E-state index >= 15 is 0 Å². The van der Waals surface area contributed by atoms with E-state index in [2.05, 4.69) is 9.82 Å². The van der Waals surface area contributed by atoms with Crippen LogP contribution in [0.4, 0.5) is 0 Å². The third-order valence-corrected chi connectivity index (χ3v) is 4.55. The molecular formula is C15H21N3O3S. The van der Waals surface area contributed by atoms with Gasteiger partial charge in [0.1, 0.15) is 10.6 Å². The highest BCUT2D eigenvalue weighted by molar-refractivity contribution is 7.89. The van der Waals surface area contributed by atoms with Gasteiger partial charge in [0.15, 0.2) is 0 Å². The van der Waals surface area contributed by atoms with Crippen molar-refractivity contribution in [3.63, 3.8) is 0 Å². The number of aryl methyl sites for hydroxylation is 1. The first kappa shape index (κ1) is 16.5. The van der Waals surface area contributed by atoms with Crippen LogP contribution in [0.2, 0.25) is 0 Å². The molecule has 0 aliphatic carbocycles. The van der Waals surface area contributed by atoms with Gasteiger partial charge in [0.2, 0.25) is 10.0 Å². The SMILES string of the molecule is CC(C)Oc1cccc([C@H](C)NS(=O)(=O)c2cnn(C)c2)c1. The van der Waals surface area contributed by atoms with E-state index in [1.165, 1.54) is 17.1 Å². The van der Waals surface area contributed by atoms with Crippen molar-refractivity contribution in [3.8, 4) is 5.75 Å². The highest BCUT2D eigenvalue weighted by Crippen LogP contribution is 2.21. The summed E-state index contributed by atoms with van der Waals surface area (Å²) >= 11 is 0. The number of aromatic nitrogens is 2. The molecule has 1 heterocycles. The van der Waals surface area contributed by atoms with E-state index in [4.69, 9.17) is 4.74 Å². The smallest absolute Gasteiger partial charge is 0.244 e. The number of sulfonamides is 1. The Bertz CT molecular complexity index is 738. The zero-order chi connectivity index (χ0) is 16.3. The Kier molecular flexibility index (Phi) is 4.87. The summed E-state index contributed by atoms with van der Waals surface area (Å²) in [7, 11) is -1.92. The van der Waals surface area contributed by atoms with Crippen LogP contribution in [0.5, 0.6) is 5.75 Å². The fourth-order valence-corrected chi connectivity index (χ4v) is 3.25. The van der Waals surface area contributed by atoms with Crippen molar-refractivity contribution in [1.29, 1.82) is 0 Å². The van der Waals surface area contributed by atoms with E-state index in [1.807, 2.05) is 38.1 Å². The summed E-state index contributed by atoms with van der Waals surface area (Å²) in [6, 6.07) is 7.04. The van der Waals surface area contributed by atoms with Gasteiger partial charge in [-0.15, -0.1) is 0 Å². The quantitative estimate of drug-likeness (QED) is 0.885. The topological polar surface area (TPSA) is 73.2 Å². The lowest BCUT2D eigenvalue weighted by Crippen LogP contribution is -2.26. The first-order valence-electron chi connectivity index (χ1n) is 7.05. The van der Waals surface area contributed by atoms with Crippen LogP contribution in [0, 0.1) is 0 Å². The Morgan fingerprint density at radius 3 is 2.59 bits per heavy atom. The molecule has 0 unspecified atom stereocenters. The summed E-state index contributed by atoms with van der Waals surface area (Å²) in [4.78, 5) is 0.149. The van der Waals surface area contributed by atoms with Crippen molar-refractivity contribution in [2.45, 2.75) is 37.8 Å². The van der Waals surface area contributed by atoms with Crippen molar-refractivity contribution in [1.82, 2.24) is 14.5 Å². The van der Waals surface area contributed by atoms with E-state index in [0.29, 0.717) is 0 Å². The van der Waals surface area contributed by atoms with Gasteiger partial charge >= 0.3 is 0 Å². The summed E-state index contributed by atoms with van der Waals surface area (Å²) in [6.07, 6.45) is 2.86. The molecule has 0 bridgehead atoms. The number of nitrogens with zero attached hydrogens (tertiary/aromatic N) is 2. The van der Waals surface area contributed by atoms with Crippen LogP contribution >= 0.6 is 0 Å². The lowest BCUT2D eigenvalue weighted by atomic mass is 10.1. The highest BCUT2D eigenvalue weighted by Gasteiger charge is 2.20. The molecule has 1 aromatic carbocycles. The van der Waals surface area contributed by atoms with Gasteiger partial charge in [0.05, 0.1) is 12.3 Å². The van der Waals surface area contributed by atoms with Crippen molar-refractivity contribution in [3.05, 3.63) is 42.2 Å². The second kappa shape index (κ2) is 6.50. The molecule has 22 heavy (non-hydrogen) atoms. The molecule has 1 aromatic heterocycles. The van der Waals surface area contributed by atoms with Gasteiger partial charge in [-0.3, -0.25) is 4.68 Å². The number of rotatable bonds is 6. The summed E-state index contributed by atoms with van der Waals surface area (Å²) in [5.41, 5.74) is 0.839. The standard InChI is InChI=1S/C15H21N3O3S/c1-11(2)21-14-7-5-6-13(8-14)12(3)17-22(19,20)15-9-16-18(4)10-15/h5-12,17H,1-4H3/t12-/m0/s1. The number of ether oxygens (including phenoxy) is 1. The molecule has 0 amide bonds. The maximum atomic E-state index is 12.3. The monoisotopic (exact) mass is 323 g/mol. The lowest BCUT2D eigenvalue weighted by Gasteiger charge is -2.16. The average molecular weight is 323 g/mol. The predicted octanol–water partition coefficient (Wildman–Crippen LogP) is 2.25. The average Bonchev–Trinajstić information content (AvgIpc) is 2.85. The van der Waals surface area contributed by atoms with Crippen molar-refractivity contribution < 1.29 is 13.2 Å².